The van der Waals surface area contributed by atoms with Gasteiger partial charge in [0, 0.05) is 64.8 Å². The molecule has 2 heterocycles. The second-order valence-electron chi connectivity index (χ2n) is 11.6. The van der Waals surface area contributed by atoms with E-state index in [9.17, 15) is 22.4 Å². The van der Waals surface area contributed by atoms with Gasteiger partial charge in [0.05, 0.1) is 46.0 Å². The number of alkyl halides is 3. The Kier molecular flexibility index (Phi) is 6.54. The van der Waals surface area contributed by atoms with Crippen LogP contribution in [-0.4, -0.2) is 59.6 Å². The maximum absolute atomic E-state index is 15.3. The van der Waals surface area contributed by atoms with E-state index in [2.05, 4.69) is 0 Å². The van der Waals surface area contributed by atoms with E-state index in [0.717, 1.165) is 28.4 Å². The van der Waals surface area contributed by atoms with Crippen molar-refractivity contribution < 1.29 is 57.5 Å². The number of amides is 1. The summed E-state index contributed by atoms with van der Waals surface area (Å²) in [5.41, 5.74) is -7.52. The zero-order chi connectivity index (χ0) is 54.3. The van der Waals surface area contributed by atoms with Gasteiger partial charge in [-0.05, 0) is 66.2 Å². The number of benzene rings is 4. The third-order valence-corrected chi connectivity index (χ3v) is 9.22. The maximum atomic E-state index is 15.3. The predicted octanol–water partition coefficient (Wildman–Crippen LogP) is 8.71. The van der Waals surface area contributed by atoms with Crippen LogP contribution in [0.3, 0.4) is 0 Å². The van der Waals surface area contributed by atoms with Gasteiger partial charge in [-0.1, -0.05) is 60.4 Å². The van der Waals surface area contributed by atoms with Crippen molar-refractivity contribution in [3.05, 3.63) is 135 Å². The number of carbonyl (C=O) groups excluding carboxylic acids is 1. The molecular weight excluding hydrogens is 710 g/mol. The summed E-state index contributed by atoms with van der Waals surface area (Å²) in [5, 5.41) is -1.42. The molecule has 1 aromatic heterocycles. The molecule has 0 N–H and O–H groups in total. The first kappa shape index (κ1) is 20.8. The molecule has 4 aromatic carbocycles. The molecule has 0 atom stereocenters. The lowest BCUT2D eigenvalue weighted by molar-refractivity contribution is -0.138. The average Bonchev–Trinajstić information content (AvgIpc) is 3.32. The third-order valence-electron chi connectivity index (χ3n) is 8.19. The van der Waals surface area contributed by atoms with Crippen LogP contribution in [0, 0.1) is 18.6 Å². The second-order valence-corrected chi connectivity index (χ2v) is 12.6. The van der Waals surface area contributed by atoms with E-state index in [1.165, 1.54) is 0 Å². The average molecular weight is 769 g/mol. The van der Waals surface area contributed by atoms with Crippen LogP contribution in [0.1, 0.15) is 61.1 Å². The van der Waals surface area contributed by atoms with Crippen LogP contribution in [0.5, 0.6) is 0 Å². The molecule has 1 saturated heterocycles. The van der Waals surface area contributed by atoms with Gasteiger partial charge in [0.15, 0.2) is 17.1 Å². The molecule has 0 unspecified atom stereocenters. The lowest BCUT2D eigenvalue weighted by Crippen LogP contribution is -2.48. The molecule has 1 amide bonds. The number of rotatable bonds is 12. The Hall–Kier alpha value is -4.52. The molecule has 1 aliphatic heterocycles. The molecule has 0 bridgehead atoms. The zero-order valence-corrected chi connectivity index (χ0v) is 28.7. The van der Waals surface area contributed by atoms with Gasteiger partial charge in [0.25, 0.3) is 0 Å². The number of para-hydroxylation sites is 1. The van der Waals surface area contributed by atoms with Crippen molar-refractivity contribution in [3.8, 4) is 11.1 Å². The van der Waals surface area contributed by atoms with E-state index in [1.54, 1.807) is 0 Å². The molecule has 6 nitrogen and oxygen atoms in total. The molecule has 0 spiro atoms. The summed E-state index contributed by atoms with van der Waals surface area (Å²) in [6, 6.07) is -16.6. The fraction of sp³-hybridized carbons (Fsp3) is 0.317. The summed E-state index contributed by atoms with van der Waals surface area (Å²) >= 11 is 0.316. The van der Waals surface area contributed by atoms with Crippen molar-refractivity contribution in [2.75, 3.05) is 33.3 Å². The monoisotopic (exact) mass is 768 g/mol. The quantitative estimate of drug-likeness (QED) is 0.0940. The molecule has 12 heteroatoms. The van der Waals surface area contributed by atoms with E-state index in [1.807, 2.05) is 0 Å². The largest absolute Gasteiger partial charge is 0.416 e. The van der Waals surface area contributed by atoms with E-state index in [-0.39, 0.29) is 25.9 Å². The highest BCUT2D eigenvalue weighted by atomic mass is 32.2. The molecule has 1 fully saturated rings. The number of hydrogen-bond donors (Lipinski definition) is 0. The van der Waals surface area contributed by atoms with Crippen LogP contribution < -0.4 is 5.43 Å². The first-order valence-corrected chi connectivity index (χ1v) is 16.7. The number of carbonyl (C=O) groups is 1. The maximum Gasteiger partial charge on any atom is 0.416 e. The zero-order valence-electron chi connectivity index (χ0n) is 46.9. The molecular formula is C41H40F5N3O3S. The van der Waals surface area contributed by atoms with E-state index < -0.39 is 207 Å². The van der Waals surface area contributed by atoms with Crippen molar-refractivity contribution in [2.45, 2.75) is 55.9 Å². The van der Waals surface area contributed by atoms with Gasteiger partial charge < -0.3 is 19.1 Å². The Bertz CT molecular complexity index is 3070. The van der Waals surface area contributed by atoms with Gasteiger partial charge in [-0.3, -0.25) is 9.59 Å². The number of thioether (sulfide) groups is 1. The Morgan fingerprint density at radius 3 is 2.42 bits per heavy atom. The highest BCUT2D eigenvalue weighted by Crippen LogP contribution is 2.34. The minimum Gasteiger partial charge on any atom is -0.383 e. The third kappa shape index (κ3) is 9.00. The molecule has 0 radical (unpaired) electrons. The van der Waals surface area contributed by atoms with Crippen molar-refractivity contribution >= 4 is 28.6 Å². The SMILES string of the molecule is [2H]c1c([2H])c(F)c(F)c(CSc2c([2H])c(=O)c3c([2H])c([2H])c([2H])c([2H])c3n2CC(=O)N(Cc2c([2H])c([2H])c(-c3c([2H])c([2H])c(C(F)(F)F)c(C)c3[2H])c([2H])c2[2H])C2CCN(C([2H])([2H])C([2H])([2H])OC)CC2)c1[2H]. The van der Waals surface area contributed by atoms with Crippen LogP contribution in [0.2, 0.25) is 0 Å². The molecule has 278 valence electrons. The number of halogens is 5. The Balaban J connectivity index is 1.56. The molecule has 53 heavy (non-hydrogen) atoms. The van der Waals surface area contributed by atoms with Gasteiger partial charge in [0.1, 0.15) is 6.54 Å². The lowest BCUT2D eigenvalue weighted by Gasteiger charge is -2.39. The topological polar surface area (TPSA) is 54.8 Å². The number of likely N-dealkylation sites (tertiary alicyclic amines) is 1. The highest BCUT2D eigenvalue weighted by molar-refractivity contribution is 7.98. The molecule has 6 rings (SSSR count). The van der Waals surface area contributed by atoms with Gasteiger partial charge in [0.2, 0.25) is 5.91 Å². The summed E-state index contributed by atoms with van der Waals surface area (Å²) in [4.78, 5) is 31.0. The van der Waals surface area contributed by atoms with Gasteiger partial charge in [-0.25, -0.2) is 8.78 Å². The summed E-state index contributed by atoms with van der Waals surface area (Å²) in [7, 11) is 0.936. The van der Waals surface area contributed by atoms with Crippen molar-refractivity contribution in [3.63, 3.8) is 0 Å². The summed E-state index contributed by atoms with van der Waals surface area (Å²) in [6.07, 6.45) is -5.64. The molecule has 5 aromatic rings. The standard InChI is InChI=1S/C41H40F5N3O3S/c1-27-22-30(14-15-34(27)41(44,45)46)29-12-10-28(11-13-29)24-48(32-16-18-47(19-17-32)20-21-52-2)38(51)25-49-36-9-4-3-7-33(36)37(50)23-39(49)53-26-31-6-5-8-35(42)40(31)43/h3-15,22-23,32H,16-21,24-26H2,1-2H3/i3D,4D,5D,6D,7D,8D,9D,10D,11D,12D,13D,14D,15D,20D2,21D2,22D,23D. The Labute approximate surface area is 335 Å². The minimum atomic E-state index is -5.19. The van der Waals surface area contributed by atoms with Crippen LogP contribution in [0.15, 0.2) is 100 Å². The van der Waals surface area contributed by atoms with E-state index >= 15 is 9.18 Å². The summed E-state index contributed by atoms with van der Waals surface area (Å²) in [6.45, 7) is -7.45. The number of fused-ring (bicyclic) bond motifs is 1. The minimum absolute atomic E-state index is 0.221. The van der Waals surface area contributed by atoms with Crippen molar-refractivity contribution in [1.82, 2.24) is 14.4 Å². The van der Waals surface area contributed by atoms with Gasteiger partial charge in [-0.15, -0.1) is 11.8 Å². The number of methoxy groups -OCH3 is 1. The smallest absolute Gasteiger partial charge is 0.383 e. The van der Waals surface area contributed by atoms with Gasteiger partial charge >= 0.3 is 6.18 Å². The molecule has 1 aliphatic rings. The van der Waals surface area contributed by atoms with Crippen molar-refractivity contribution in [2.24, 2.45) is 0 Å². The van der Waals surface area contributed by atoms with Crippen LogP contribution >= 0.6 is 11.8 Å². The first-order chi connectivity index (χ1) is 33.2. The molecule has 0 aliphatic carbocycles. The predicted molar refractivity (Wildman–Crippen MR) is 198 cm³/mol. The number of ether oxygens (including phenoxy) is 1. The first-order valence-electron chi connectivity index (χ1n) is 25.3. The Morgan fingerprint density at radius 2 is 1.70 bits per heavy atom. The van der Waals surface area contributed by atoms with Crippen LogP contribution in [-0.2, 0) is 34.6 Å². The number of piperidine rings is 1. The summed E-state index contributed by atoms with van der Waals surface area (Å²) in [5.74, 6) is -5.51. The highest BCUT2D eigenvalue weighted by Gasteiger charge is 2.32. The Morgan fingerprint density at radius 1 is 0.981 bits per heavy atom. The van der Waals surface area contributed by atoms with Gasteiger partial charge in [-0.2, -0.15) is 13.2 Å². The fourth-order valence-electron chi connectivity index (χ4n) is 5.58. The second kappa shape index (κ2) is 16.7. The van der Waals surface area contributed by atoms with E-state index in [4.69, 9.17) is 30.8 Å². The van der Waals surface area contributed by atoms with Crippen LogP contribution in [0.4, 0.5) is 22.0 Å². The van der Waals surface area contributed by atoms with E-state index in [0.29, 0.717) is 11.8 Å². The number of aromatic nitrogens is 1. The van der Waals surface area contributed by atoms with Crippen molar-refractivity contribution in [1.29, 1.82) is 0 Å². The lowest BCUT2D eigenvalue weighted by atomic mass is 9.98. The number of hydrogen-bond acceptors (Lipinski definition) is 5. The van der Waals surface area contributed by atoms with Crippen LogP contribution in [0.25, 0.3) is 22.0 Å². The summed E-state index contributed by atoms with van der Waals surface area (Å²) < 4.78 is 238. The number of nitrogens with zero attached hydrogens (tertiary/aromatic N) is 3. The number of pyridine rings is 1. The normalized spacial score (nSPS) is 19.8. The molecule has 0 saturated carbocycles. The fourth-order valence-corrected chi connectivity index (χ4v) is 6.53.